The van der Waals surface area contributed by atoms with Gasteiger partial charge in [0.05, 0.1) is 6.10 Å². The van der Waals surface area contributed by atoms with E-state index >= 15 is 0 Å². The first-order chi connectivity index (χ1) is 10.0. The molecule has 0 amide bonds. The molecule has 2 unspecified atom stereocenters. The molecule has 1 aliphatic rings. The third-order valence-corrected chi connectivity index (χ3v) is 5.29. The van der Waals surface area contributed by atoms with Gasteiger partial charge in [0.1, 0.15) is 16.7 Å². The van der Waals surface area contributed by atoms with Gasteiger partial charge in [-0.1, -0.05) is 32.5 Å². The van der Waals surface area contributed by atoms with Crippen LogP contribution in [0.2, 0.25) is 0 Å². The maximum absolute atomic E-state index is 5.67. The van der Waals surface area contributed by atoms with Crippen molar-refractivity contribution in [1.82, 2.24) is 9.97 Å². The van der Waals surface area contributed by atoms with E-state index in [4.69, 9.17) is 14.7 Å². The van der Waals surface area contributed by atoms with E-state index in [2.05, 4.69) is 39.9 Å². The highest BCUT2D eigenvalue weighted by molar-refractivity contribution is 8.00. The number of nitrogens with one attached hydrogen (secondary N) is 1. The van der Waals surface area contributed by atoms with Crippen LogP contribution in [0.5, 0.6) is 0 Å². The molecule has 2 rings (SSSR count). The highest BCUT2D eigenvalue weighted by Gasteiger charge is 2.27. The first-order valence-corrected chi connectivity index (χ1v) is 8.81. The van der Waals surface area contributed by atoms with Crippen LogP contribution >= 0.6 is 11.8 Å². The number of aromatic nitrogens is 2. The summed E-state index contributed by atoms with van der Waals surface area (Å²) in [6.07, 6.45) is 2.50. The number of hydrogen-bond acceptors (Lipinski definition) is 5. The molecular weight excluding hydrogens is 282 g/mol. The Kier molecular flexibility index (Phi) is 5.88. The van der Waals surface area contributed by atoms with E-state index < -0.39 is 0 Å². The molecule has 0 radical (unpaired) electrons. The lowest BCUT2D eigenvalue weighted by molar-refractivity contribution is 0.127. The third kappa shape index (κ3) is 4.10. The predicted octanol–water partition coefficient (Wildman–Crippen LogP) is 4.00. The molecule has 118 valence electrons. The summed E-state index contributed by atoms with van der Waals surface area (Å²) in [4.78, 5) is 9.49. The Morgan fingerprint density at radius 2 is 2.14 bits per heavy atom. The first kappa shape index (κ1) is 16.6. The number of ether oxygens (including phenoxy) is 1. The Bertz CT molecular complexity index is 479. The van der Waals surface area contributed by atoms with Gasteiger partial charge in [-0.15, -0.1) is 0 Å². The standard InChI is InChI=1S/C16H27N3OS/c1-6-8-17-15-11(4)16(19-14(18-15)10(2)3)21-13-7-9-20-12(13)5/h10,12-13H,6-9H2,1-5H3,(H,17,18,19). The van der Waals surface area contributed by atoms with Crippen molar-refractivity contribution in [3.63, 3.8) is 0 Å². The predicted molar refractivity (Wildman–Crippen MR) is 89.3 cm³/mol. The second-order valence-corrected chi connectivity index (χ2v) is 7.19. The SMILES string of the molecule is CCCNc1nc(C(C)C)nc(SC2CCOC2C)c1C. The van der Waals surface area contributed by atoms with E-state index in [0.717, 1.165) is 48.2 Å². The summed E-state index contributed by atoms with van der Waals surface area (Å²) in [7, 11) is 0. The molecule has 1 N–H and O–H groups in total. The highest BCUT2D eigenvalue weighted by atomic mass is 32.2. The van der Waals surface area contributed by atoms with E-state index in [0.29, 0.717) is 17.3 Å². The molecule has 0 aromatic carbocycles. The lowest BCUT2D eigenvalue weighted by Gasteiger charge is -2.18. The summed E-state index contributed by atoms with van der Waals surface area (Å²) in [6.45, 7) is 12.5. The van der Waals surface area contributed by atoms with Crippen LogP contribution in [0.15, 0.2) is 5.03 Å². The Morgan fingerprint density at radius 1 is 1.38 bits per heavy atom. The minimum atomic E-state index is 0.305. The molecule has 2 atom stereocenters. The van der Waals surface area contributed by atoms with Crippen molar-refractivity contribution in [2.24, 2.45) is 0 Å². The molecule has 21 heavy (non-hydrogen) atoms. The second-order valence-electron chi connectivity index (χ2n) is 5.96. The van der Waals surface area contributed by atoms with Gasteiger partial charge < -0.3 is 10.1 Å². The Morgan fingerprint density at radius 3 is 2.71 bits per heavy atom. The fourth-order valence-electron chi connectivity index (χ4n) is 2.31. The van der Waals surface area contributed by atoms with E-state index in [1.54, 1.807) is 0 Å². The zero-order valence-corrected chi connectivity index (χ0v) is 14.6. The molecule has 2 heterocycles. The van der Waals surface area contributed by atoms with Gasteiger partial charge in [0.15, 0.2) is 0 Å². The highest BCUT2D eigenvalue weighted by Crippen LogP contribution is 2.35. The summed E-state index contributed by atoms with van der Waals surface area (Å²) in [5.41, 5.74) is 1.16. The third-order valence-electron chi connectivity index (χ3n) is 3.75. The van der Waals surface area contributed by atoms with Gasteiger partial charge in [-0.25, -0.2) is 9.97 Å². The van der Waals surface area contributed by atoms with E-state index in [1.807, 2.05) is 11.8 Å². The Balaban J connectivity index is 2.26. The monoisotopic (exact) mass is 309 g/mol. The smallest absolute Gasteiger partial charge is 0.134 e. The van der Waals surface area contributed by atoms with Gasteiger partial charge in [0.2, 0.25) is 0 Å². The van der Waals surface area contributed by atoms with E-state index in [9.17, 15) is 0 Å². The van der Waals surface area contributed by atoms with Crippen LogP contribution in [-0.2, 0) is 4.74 Å². The molecule has 4 nitrogen and oxygen atoms in total. The fraction of sp³-hybridized carbons (Fsp3) is 0.750. The topological polar surface area (TPSA) is 47.0 Å². The molecular formula is C16H27N3OS. The van der Waals surface area contributed by atoms with Gasteiger partial charge in [-0.2, -0.15) is 0 Å². The van der Waals surface area contributed by atoms with Gasteiger partial charge in [-0.3, -0.25) is 0 Å². The average Bonchev–Trinajstić information content (AvgIpc) is 2.85. The molecule has 1 saturated heterocycles. The van der Waals surface area contributed by atoms with E-state index in [-0.39, 0.29) is 0 Å². The van der Waals surface area contributed by atoms with Crippen molar-refractivity contribution >= 4 is 17.6 Å². The van der Waals surface area contributed by atoms with Gasteiger partial charge in [0, 0.05) is 29.9 Å². The van der Waals surface area contributed by atoms with Crippen LogP contribution in [0.1, 0.15) is 57.8 Å². The maximum Gasteiger partial charge on any atom is 0.134 e. The van der Waals surface area contributed by atoms with Crippen molar-refractivity contribution in [2.75, 3.05) is 18.5 Å². The summed E-state index contributed by atoms with van der Waals surface area (Å²) in [5, 5.41) is 5.04. The fourth-order valence-corrected chi connectivity index (χ4v) is 3.50. The van der Waals surface area contributed by atoms with Crippen LogP contribution in [0, 0.1) is 6.92 Å². The van der Waals surface area contributed by atoms with Crippen LogP contribution in [0.3, 0.4) is 0 Å². The molecule has 1 aromatic heterocycles. The lowest BCUT2D eigenvalue weighted by Crippen LogP contribution is -2.15. The zero-order chi connectivity index (χ0) is 15.4. The Labute approximate surface area is 132 Å². The average molecular weight is 309 g/mol. The van der Waals surface area contributed by atoms with Crippen LogP contribution < -0.4 is 5.32 Å². The Hall–Kier alpha value is -0.810. The number of anilines is 1. The molecule has 0 aliphatic carbocycles. The summed E-state index contributed by atoms with van der Waals surface area (Å²) in [5.74, 6) is 2.25. The number of nitrogens with zero attached hydrogens (tertiary/aromatic N) is 2. The quantitative estimate of drug-likeness (QED) is 0.805. The molecule has 0 bridgehead atoms. The minimum Gasteiger partial charge on any atom is -0.377 e. The number of rotatable bonds is 6. The van der Waals surface area contributed by atoms with Crippen molar-refractivity contribution < 1.29 is 4.74 Å². The molecule has 1 aromatic rings. The molecule has 0 saturated carbocycles. The van der Waals surface area contributed by atoms with Crippen LogP contribution in [0.4, 0.5) is 5.82 Å². The van der Waals surface area contributed by atoms with Gasteiger partial charge in [-0.05, 0) is 26.7 Å². The summed E-state index contributed by atoms with van der Waals surface area (Å²) < 4.78 is 5.67. The molecule has 1 aliphatic heterocycles. The van der Waals surface area contributed by atoms with Crippen molar-refractivity contribution in [2.45, 2.75) is 69.8 Å². The largest absolute Gasteiger partial charge is 0.377 e. The van der Waals surface area contributed by atoms with Crippen LogP contribution in [-0.4, -0.2) is 34.5 Å². The summed E-state index contributed by atoms with van der Waals surface area (Å²) in [6, 6.07) is 0. The minimum absolute atomic E-state index is 0.305. The van der Waals surface area contributed by atoms with Crippen molar-refractivity contribution in [3.8, 4) is 0 Å². The zero-order valence-electron chi connectivity index (χ0n) is 13.8. The second kappa shape index (κ2) is 7.45. The van der Waals surface area contributed by atoms with Crippen molar-refractivity contribution in [1.29, 1.82) is 0 Å². The molecule has 1 fully saturated rings. The normalized spacial score (nSPS) is 22.0. The summed E-state index contributed by atoms with van der Waals surface area (Å²) >= 11 is 1.85. The number of thioether (sulfide) groups is 1. The molecule has 0 spiro atoms. The van der Waals surface area contributed by atoms with Gasteiger partial charge in [0.25, 0.3) is 0 Å². The lowest BCUT2D eigenvalue weighted by atomic mass is 10.2. The maximum atomic E-state index is 5.67. The van der Waals surface area contributed by atoms with Gasteiger partial charge >= 0.3 is 0 Å². The van der Waals surface area contributed by atoms with E-state index in [1.165, 1.54) is 0 Å². The van der Waals surface area contributed by atoms with Crippen molar-refractivity contribution in [3.05, 3.63) is 11.4 Å². The van der Waals surface area contributed by atoms with Crippen LogP contribution in [0.25, 0.3) is 0 Å². The first-order valence-electron chi connectivity index (χ1n) is 7.93. The number of hydrogen-bond donors (Lipinski definition) is 1. The molecule has 5 heteroatoms.